The number of nitrogens with one attached hydrogen (secondary N) is 1. The summed E-state index contributed by atoms with van der Waals surface area (Å²) in [6, 6.07) is 17.2. The molecular weight excluding hydrogens is 360 g/mol. The van der Waals surface area contributed by atoms with E-state index in [1.807, 2.05) is 63.2 Å². The Hall–Kier alpha value is -2.34. The largest absolute Gasteiger partial charge is 0.354 e. The Bertz CT molecular complexity index is 872. The molecule has 2 aromatic rings. The summed E-state index contributed by atoms with van der Waals surface area (Å²) in [4.78, 5) is 12.4. The summed E-state index contributed by atoms with van der Waals surface area (Å²) >= 11 is 0. The molecule has 2 rings (SSSR count). The molecule has 1 N–H and O–H groups in total. The number of para-hydroxylation sites is 1. The van der Waals surface area contributed by atoms with Gasteiger partial charge in [-0.3, -0.25) is 9.10 Å². The van der Waals surface area contributed by atoms with Crippen LogP contribution in [-0.4, -0.2) is 33.7 Å². The van der Waals surface area contributed by atoms with E-state index in [0.717, 1.165) is 17.4 Å². The standard InChI is InChI=1S/C21H28N2O3S/c1-21(2,3)18-12-8-9-13-19(18)23(27(4,25)26)16-20(24)22-15-14-17-10-6-5-7-11-17/h5-13H,14-16H2,1-4H3,(H,22,24). The van der Waals surface area contributed by atoms with E-state index in [1.54, 1.807) is 12.1 Å². The van der Waals surface area contributed by atoms with E-state index < -0.39 is 10.0 Å². The number of benzene rings is 2. The number of carbonyl (C=O) groups excluding carboxylic acids is 1. The number of rotatable bonds is 7. The third kappa shape index (κ3) is 6.10. The van der Waals surface area contributed by atoms with Crippen molar-refractivity contribution in [2.45, 2.75) is 32.6 Å². The quantitative estimate of drug-likeness (QED) is 0.792. The van der Waals surface area contributed by atoms with Crippen molar-refractivity contribution in [2.24, 2.45) is 0 Å². The molecule has 0 fully saturated rings. The molecule has 2 aromatic carbocycles. The van der Waals surface area contributed by atoms with Gasteiger partial charge in [-0.05, 0) is 29.0 Å². The van der Waals surface area contributed by atoms with Crippen LogP contribution in [0.2, 0.25) is 0 Å². The summed E-state index contributed by atoms with van der Waals surface area (Å²) in [7, 11) is -3.60. The molecule has 0 saturated carbocycles. The van der Waals surface area contributed by atoms with Crippen molar-refractivity contribution in [3.8, 4) is 0 Å². The van der Waals surface area contributed by atoms with Gasteiger partial charge in [0.15, 0.2) is 0 Å². The fourth-order valence-corrected chi connectivity index (χ4v) is 3.75. The average Bonchev–Trinajstić information content (AvgIpc) is 2.59. The Morgan fingerprint density at radius 3 is 2.19 bits per heavy atom. The van der Waals surface area contributed by atoms with Crippen molar-refractivity contribution in [3.63, 3.8) is 0 Å². The minimum atomic E-state index is -3.60. The highest BCUT2D eigenvalue weighted by atomic mass is 32.2. The molecule has 6 heteroatoms. The van der Waals surface area contributed by atoms with Crippen molar-refractivity contribution in [2.75, 3.05) is 23.7 Å². The molecule has 0 aliphatic heterocycles. The minimum absolute atomic E-state index is 0.235. The van der Waals surface area contributed by atoms with E-state index >= 15 is 0 Å². The van der Waals surface area contributed by atoms with Crippen molar-refractivity contribution in [1.29, 1.82) is 0 Å². The van der Waals surface area contributed by atoms with Crippen LogP contribution in [0.5, 0.6) is 0 Å². The van der Waals surface area contributed by atoms with Crippen LogP contribution >= 0.6 is 0 Å². The second kappa shape index (κ2) is 8.57. The first-order chi connectivity index (χ1) is 12.6. The lowest BCUT2D eigenvalue weighted by Gasteiger charge is -2.29. The molecule has 0 unspecified atom stereocenters. The Morgan fingerprint density at radius 1 is 1.00 bits per heavy atom. The van der Waals surface area contributed by atoms with Crippen LogP contribution in [0.1, 0.15) is 31.9 Å². The second-order valence-electron chi connectivity index (χ2n) is 7.62. The Morgan fingerprint density at radius 2 is 1.59 bits per heavy atom. The van der Waals surface area contributed by atoms with E-state index in [1.165, 1.54) is 4.31 Å². The summed E-state index contributed by atoms with van der Waals surface area (Å²) < 4.78 is 26.0. The van der Waals surface area contributed by atoms with Crippen molar-refractivity contribution in [1.82, 2.24) is 5.32 Å². The van der Waals surface area contributed by atoms with Crippen LogP contribution in [0, 0.1) is 0 Å². The number of anilines is 1. The number of hydrogen-bond donors (Lipinski definition) is 1. The van der Waals surface area contributed by atoms with Gasteiger partial charge in [0, 0.05) is 6.54 Å². The van der Waals surface area contributed by atoms with Gasteiger partial charge in [0.25, 0.3) is 0 Å². The Balaban J connectivity index is 2.13. The van der Waals surface area contributed by atoms with Gasteiger partial charge in [0.1, 0.15) is 6.54 Å². The molecule has 1 amide bonds. The van der Waals surface area contributed by atoms with Gasteiger partial charge in [-0.1, -0.05) is 69.3 Å². The van der Waals surface area contributed by atoms with Crippen LogP contribution in [0.4, 0.5) is 5.69 Å². The first kappa shape index (κ1) is 21.0. The van der Waals surface area contributed by atoms with E-state index in [2.05, 4.69) is 5.32 Å². The second-order valence-corrected chi connectivity index (χ2v) is 9.53. The smallest absolute Gasteiger partial charge is 0.240 e. The van der Waals surface area contributed by atoms with Crippen LogP contribution in [0.3, 0.4) is 0 Å². The number of hydrogen-bond acceptors (Lipinski definition) is 3. The maximum absolute atomic E-state index is 12.4. The normalized spacial score (nSPS) is 11.9. The molecule has 0 radical (unpaired) electrons. The van der Waals surface area contributed by atoms with E-state index in [0.29, 0.717) is 18.7 Å². The molecule has 0 bridgehead atoms. The zero-order valence-electron chi connectivity index (χ0n) is 16.4. The Labute approximate surface area is 162 Å². The highest BCUT2D eigenvalue weighted by Gasteiger charge is 2.27. The SMILES string of the molecule is CC(C)(C)c1ccccc1N(CC(=O)NCCc1ccccc1)S(C)(=O)=O. The summed E-state index contributed by atoms with van der Waals surface area (Å²) in [5.74, 6) is -0.319. The lowest BCUT2D eigenvalue weighted by Crippen LogP contribution is -2.41. The molecule has 5 nitrogen and oxygen atoms in total. The van der Waals surface area contributed by atoms with E-state index in [9.17, 15) is 13.2 Å². The highest BCUT2D eigenvalue weighted by molar-refractivity contribution is 7.92. The average molecular weight is 389 g/mol. The first-order valence-electron chi connectivity index (χ1n) is 8.97. The highest BCUT2D eigenvalue weighted by Crippen LogP contribution is 2.32. The number of nitrogens with zero attached hydrogens (tertiary/aromatic N) is 1. The molecule has 0 heterocycles. The third-order valence-corrected chi connectivity index (χ3v) is 5.37. The molecule has 27 heavy (non-hydrogen) atoms. The predicted molar refractivity (Wildman–Crippen MR) is 110 cm³/mol. The molecule has 0 spiro atoms. The molecule has 0 aliphatic carbocycles. The van der Waals surface area contributed by atoms with Gasteiger partial charge in [0.2, 0.25) is 15.9 Å². The summed E-state index contributed by atoms with van der Waals surface area (Å²) in [6.07, 6.45) is 1.83. The van der Waals surface area contributed by atoms with E-state index in [4.69, 9.17) is 0 Å². The lowest BCUT2D eigenvalue weighted by molar-refractivity contribution is -0.119. The van der Waals surface area contributed by atoms with Gasteiger partial charge in [-0.15, -0.1) is 0 Å². The maximum Gasteiger partial charge on any atom is 0.240 e. The maximum atomic E-state index is 12.4. The zero-order chi connectivity index (χ0) is 20.1. The summed E-state index contributed by atoms with van der Waals surface area (Å²) in [5, 5.41) is 2.82. The number of amides is 1. The van der Waals surface area contributed by atoms with Crippen molar-refractivity contribution in [3.05, 3.63) is 65.7 Å². The minimum Gasteiger partial charge on any atom is -0.354 e. The molecule has 0 atom stereocenters. The molecule has 0 aromatic heterocycles. The lowest BCUT2D eigenvalue weighted by atomic mass is 9.86. The molecule has 0 aliphatic rings. The summed E-state index contributed by atoms with van der Waals surface area (Å²) in [5.41, 5.74) is 2.30. The topological polar surface area (TPSA) is 66.5 Å². The predicted octanol–water partition coefficient (Wildman–Crippen LogP) is 3.11. The fourth-order valence-electron chi connectivity index (χ4n) is 2.88. The molecule has 146 valence electrons. The monoisotopic (exact) mass is 388 g/mol. The number of sulfonamides is 1. The molecular formula is C21H28N2O3S. The molecule has 0 saturated heterocycles. The van der Waals surface area contributed by atoms with Crippen LogP contribution in [-0.2, 0) is 26.7 Å². The third-order valence-electron chi connectivity index (χ3n) is 4.25. The summed E-state index contributed by atoms with van der Waals surface area (Å²) in [6.45, 7) is 6.28. The van der Waals surface area contributed by atoms with Crippen molar-refractivity contribution < 1.29 is 13.2 Å². The van der Waals surface area contributed by atoms with Crippen LogP contribution in [0.25, 0.3) is 0 Å². The van der Waals surface area contributed by atoms with Crippen molar-refractivity contribution >= 4 is 21.6 Å². The van der Waals surface area contributed by atoms with Gasteiger partial charge in [-0.25, -0.2) is 8.42 Å². The zero-order valence-corrected chi connectivity index (χ0v) is 17.2. The number of carbonyl (C=O) groups is 1. The van der Waals surface area contributed by atoms with Gasteiger partial charge in [-0.2, -0.15) is 0 Å². The van der Waals surface area contributed by atoms with Gasteiger partial charge < -0.3 is 5.32 Å². The van der Waals surface area contributed by atoms with Gasteiger partial charge in [0.05, 0.1) is 11.9 Å². The van der Waals surface area contributed by atoms with Crippen LogP contribution < -0.4 is 9.62 Å². The van der Waals surface area contributed by atoms with E-state index in [-0.39, 0.29) is 17.9 Å². The fraction of sp³-hybridized carbons (Fsp3) is 0.381. The van der Waals surface area contributed by atoms with Crippen LogP contribution in [0.15, 0.2) is 54.6 Å². The Kier molecular flexibility index (Phi) is 6.65. The first-order valence-corrected chi connectivity index (χ1v) is 10.8. The van der Waals surface area contributed by atoms with Gasteiger partial charge >= 0.3 is 0 Å².